The molecule has 5 nitrogen and oxygen atoms in total. The minimum atomic E-state index is -0.330. The topological polar surface area (TPSA) is 68.0 Å². The highest BCUT2D eigenvalue weighted by Crippen LogP contribution is 2.25. The van der Waals surface area contributed by atoms with Gasteiger partial charge in [-0.05, 0) is 6.92 Å². The molecule has 3 aromatic rings. The lowest BCUT2D eigenvalue weighted by atomic mass is 10.1. The summed E-state index contributed by atoms with van der Waals surface area (Å²) in [7, 11) is 0. The monoisotopic (exact) mass is 285 g/mol. The fourth-order valence-corrected chi connectivity index (χ4v) is 2.39. The number of anilines is 1. The third-order valence-corrected chi connectivity index (χ3v) is 3.49. The zero-order chi connectivity index (χ0) is 13.9. The summed E-state index contributed by atoms with van der Waals surface area (Å²) in [4.78, 5) is 20.0. The summed E-state index contributed by atoms with van der Waals surface area (Å²) >= 11 is 1.37. The number of hydrogen-bond donors (Lipinski definition) is 1. The lowest BCUT2D eigenvalue weighted by Gasteiger charge is -1.98. The van der Waals surface area contributed by atoms with Crippen LogP contribution in [0.1, 0.15) is 16.1 Å². The molecule has 0 spiro atoms. The number of aromatic nitrogens is 2. The number of carbonyl (C=O) groups excluding carboxylic acids is 1. The fourth-order valence-electron chi connectivity index (χ4n) is 1.67. The Labute approximate surface area is 119 Å². The number of oxazole rings is 1. The second-order valence-corrected chi connectivity index (χ2v) is 5.09. The van der Waals surface area contributed by atoms with Crippen molar-refractivity contribution in [1.29, 1.82) is 0 Å². The maximum Gasteiger partial charge on any atom is 0.279 e. The molecule has 2 heterocycles. The molecule has 0 saturated heterocycles. The molecule has 20 heavy (non-hydrogen) atoms. The largest absolute Gasteiger partial charge is 0.451 e. The highest BCUT2D eigenvalue weighted by Gasteiger charge is 2.11. The van der Waals surface area contributed by atoms with Crippen molar-refractivity contribution in [3.05, 3.63) is 53.6 Å². The van der Waals surface area contributed by atoms with Gasteiger partial charge in [0, 0.05) is 10.9 Å². The van der Waals surface area contributed by atoms with E-state index in [9.17, 15) is 4.79 Å². The molecular formula is C14H11N3O2S. The second-order valence-electron chi connectivity index (χ2n) is 4.23. The van der Waals surface area contributed by atoms with Crippen molar-refractivity contribution in [2.24, 2.45) is 0 Å². The summed E-state index contributed by atoms with van der Waals surface area (Å²) in [5.74, 6) is -0.330. The van der Waals surface area contributed by atoms with E-state index in [1.54, 1.807) is 0 Å². The standard InChI is InChI=1S/C14H11N3O2S/c1-9-2-4-10(5-3-9)12-7-20-14(16-12)17-13(18)11-6-19-8-15-11/h2-8H,1H3,(H,16,17,18). The van der Waals surface area contributed by atoms with Crippen molar-refractivity contribution in [3.63, 3.8) is 0 Å². The molecular weight excluding hydrogens is 274 g/mol. The Balaban J connectivity index is 1.77. The average Bonchev–Trinajstić information content (AvgIpc) is 3.10. The van der Waals surface area contributed by atoms with Gasteiger partial charge in [-0.15, -0.1) is 11.3 Å². The van der Waals surface area contributed by atoms with Crippen LogP contribution in [0.4, 0.5) is 5.13 Å². The highest BCUT2D eigenvalue weighted by molar-refractivity contribution is 7.14. The van der Waals surface area contributed by atoms with Crippen molar-refractivity contribution in [2.45, 2.75) is 6.92 Å². The van der Waals surface area contributed by atoms with Crippen LogP contribution in [-0.2, 0) is 0 Å². The Morgan fingerprint density at radius 3 is 2.80 bits per heavy atom. The average molecular weight is 285 g/mol. The predicted octanol–water partition coefficient (Wildman–Crippen LogP) is 3.36. The number of aryl methyl sites for hydroxylation is 1. The molecule has 1 amide bonds. The first-order valence-electron chi connectivity index (χ1n) is 5.94. The quantitative estimate of drug-likeness (QED) is 0.801. The molecule has 0 saturated carbocycles. The Bertz CT molecular complexity index is 717. The van der Waals surface area contributed by atoms with Crippen LogP contribution < -0.4 is 5.32 Å². The van der Waals surface area contributed by atoms with Gasteiger partial charge in [0.25, 0.3) is 5.91 Å². The Morgan fingerprint density at radius 2 is 2.10 bits per heavy atom. The molecule has 3 rings (SSSR count). The van der Waals surface area contributed by atoms with E-state index in [0.717, 1.165) is 11.3 Å². The predicted molar refractivity (Wildman–Crippen MR) is 76.7 cm³/mol. The summed E-state index contributed by atoms with van der Waals surface area (Å²) < 4.78 is 4.77. The molecule has 2 aromatic heterocycles. The molecule has 6 heteroatoms. The van der Waals surface area contributed by atoms with Crippen LogP contribution >= 0.6 is 11.3 Å². The smallest absolute Gasteiger partial charge is 0.279 e. The third-order valence-electron chi connectivity index (χ3n) is 2.74. The van der Waals surface area contributed by atoms with E-state index in [2.05, 4.69) is 15.3 Å². The van der Waals surface area contributed by atoms with Crippen LogP contribution in [0.25, 0.3) is 11.3 Å². The van der Waals surface area contributed by atoms with Gasteiger partial charge < -0.3 is 4.42 Å². The summed E-state index contributed by atoms with van der Waals surface area (Å²) in [5, 5.41) is 5.13. The van der Waals surface area contributed by atoms with E-state index in [1.807, 2.05) is 36.6 Å². The number of carbonyl (C=O) groups is 1. The van der Waals surface area contributed by atoms with E-state index >= 15 is 0 Å². The first kappa shape index (κ1) is 12.6. The van der Waals surface area contributed by atoms with Gasteiger partial charge in [-0.1, -0.05) is 29.8 Å². The van der Waals surface area contributed by atoms with Crippen molar-refractivity contribution < 1.29 is 9.21 Å². The molecule has 0 aliphatic heterocycles. The number of amides is 1. The van der Waals surface area contributed by atoms with E-state index < -0.39 is 0 Å². The van der Waals surface area contributed by atoms with Crippen molar-refractivity contribution in [1.82, 2.24) is 9.97 Å². The molecule has 1 aromatic carbocycles. The van der Waals surface area contributed by atoms with Crippen LogP contribution in [0.15, 0.2) is 46.7 Å². The highest BCUT2D eigenvalue weighted by atomic mass is 32.1. The Kier molecular flexibility index (Phi) is 3.30. The van der Waals surface area contributed by atoms with Gasteiger partial charge in [0.05, 0.1) is 5.69 Å². The van der Waals surface area contributed by atoms with Crippen molar-refractivity contribution in [2.75, 3.05) is 5.32 Å². The van der Waals surface area contributed by atoms with Gasteiger partial charge >= 0.3 is 0 Å². The molecule has 0 unspecified atom stereocenters. The molecule has 0 radical (unpaired) electrons. The van der Waals surface area contributed by atoms with Gasteiger partial charge in [-0.2, -0.15) is 0 Å². The van der Waals surface area contributed by atoms with E-state index in [4.69, 9.17) is 4.42 Å². The van der Waals surface area contributed by atoms with Crippen molar-refractivity contribution in [3.8, 4) is 11.3 Å². The fraction of sp³-hybridized carbons (Fsp3) is 0.0714. The normalized spacial score (nSPS) is 10.4. The molecule has 0 aliphatic rings. The lowest BCUT2D eigenvalue weighted by Crippen LogP contribution is -2.11. The molecule has 0 bridgehead atoms. The van der Waals surface area contributed by atoms with Gasteiger partial charge in [-0.3, -0.25) is 10.1 Å². The summed E-state index contributed by atoms with van der Waals surface area (Å²) in [6, 6.07) is 8.08. The number of rotatable bonds is 3. The third kappa shape index (κ3) is 2.60. The minimum Gasteiger partial charge on any atom is -0.451 e. The molecule has 0 fully saturated rings. The maximum absolute atomic E-state index is 11.8. The van der Waals surface area contributed by atoms with Crippen molar-refractivity contribution >= 4 is 22.4 Å². The van der Waals surface area contributed by atoms with Crippen LogP contribution in [0.3, 0.4) is 0 Å². The maximum atomic E-state index is 11.8. The van der Waals surface area contributed by atoms with Crippen LogP contribution in [0, 0.1) is 6.92 Å². The van der Waals surface area contributed by atoms with E-state index in [0.29, 0.717) is 5.13 Å². The SMILES string of the molecule is Cc1ccc(-c2csc(NC(=O)c3cocn3)n2)cc1. The molecule has 1 N–H and O–H groups in total. The van der Waals surface area contributed by atoms with E-state index in [1.165, 1.54) is 29.6 Å². The minimum absolute atomic E-state index is 0.233. The number of hydrogen-bond acceptors (Lipinski definition) is 5. The van der Waals surface area contributed by atoms with Crippen LogP contribution in [0.5, 0.6) is 0 Å². The van der Waals surface area contributed by atoms with Gasteiger partial charge in [0.2, 0.25) is 0 Å². The van der Waals surface area contributed by atoms with Gasteiger partial charge in [-0.25, -0.2) is 9.97 Å². The van der Waals surface area contributed by atoms with Gasteiger partial charge in [0.1, 0.15) is 6.26 Å². The molecule has 100 valence electrons. The van der Waals surface area contributed by atoms with Gasteiger partial charge in [0.15, 0.2) is 17.2 Å². The Morgan fingerprint density at radius 1 is 1.30 bits per heavy atom. The van der Waals surface area contributed by atoms with Crippen LogP contribution in [-0.4, -0.2) is 15.9 Å². The number of thiazole rings is 1. The first-order chi connectivity index (χ1) is 9.72. The zero-order valence-corrected chi connectivity index (χ0v) is 11.5. The number of benzene rings is 1. The van der Waals surface area contributed by atoms with Crippen LogP contribution in [0.2, 0.25) is 0 Å². The summed E-state index contributed by atoms with van der Waals surface area (Å²) in [6.07, 6.45) is 2.51. The Hall–Kier alpha value is -2.47. The molecule has 0 atom stereocenters. The van der Waals surface area contributed by atoms with E-state index in [-0.39, 0.29) is 11.6 Å². The zero-order valence-electron chi connectivity index (χ0n) is 10.7. The second kappa shape index (κ2) is 5.26. The number of nitrogens with zero attached hydrogens (tertiary/aromatic N) is 2. The summed E-state index contributed by atoms with van der Waals surface area (Å²) in [6.45, 7) is 2.04. The lowest BCUT2D eigenvalue weighted by molar-refractivity contribution is 0.102. The number of nitrogens with one attached hydrogen (secondary N) is 1. The summed E-state index contributed by atoms with van der Waals surface area (Å²) in [5.41, 5.74) is 3.29. The molecule has 0 aliphatic carbocycles. The first-order valence-corrected chi connectivity index (χ1v) is 6.82.